The lowest BCUT2D eigenvalue weighted by Gasteiger charge is -2.43. The summed E-state index contributed by atoms with van der Waals surface area (Å²) in [6, 6.07) is 9.22. The molecule has 2 N–H and O–H groups in total. The Labute approximate surface area is 285 Å². The number of nitrogens with zero attached hydrogens (tertiary/aromatic N) is 4. The lowest BCUT2D eigenvalue weighted by Crippen LogP contribution is -2.62. The quantitative estimate of drug-likeness (QED) is 0.411. The van der Waals surface area contributed by atoms with E-state index in [0.717, 1.165) is 61.9 Å². The summed E-state index contributed by atoms with van der Waals surface area (Å²) in [5.41, 5.74) is 3.44. The van der Waals surface area contributed by atoms with Crippen LogP contribution in [0.4, 0.5) is 10.1 Å². The first-order valence-electron chi connectivity index (χ1n) is 15.1. The number of carbonyl (C=O) groups excluding carboxylic acids is 1. The molecule has 4 heterocycles. The van der Waals surface area contributed by atoms with Crippen LogP contribution in [0.1, 0.15) is 56.3 Å². The molecule has 9 nitrogen and oxygen atoms in total. The first-order valence-corrected chi connectivity index (χ1v) is 15.1. The molecule has 1 aromatic heterocycles. The minimum absolute atomic E-state index is 0. The molecule has 0 spiro atoms. The highest BCUT2D eigenvalue weighted by Crippen LogP contribution is 2.41. The zero-order valence-electron chi connectivity index (χ0n) is 26.8. The van der Waals surface area contributed by atoms with Gasteiger partial charge in [0, 0.05) is 63.4 Å². The van der Waals surface area contributed by atoms with E-state index in [1.165, 1.54) is 12.1 Å². The molecule has 4 atom stereocenters. The number of halogens is 4. The number of aromatic nitrogens is 1. The van der Waals surface area contributed by atoms with Gasteiger partial charge in [-0.15, -0.1) is 37.2 Å². The molecule has 2 aromatic rings. The Hall–Kier alpha value is -1.60. The zero-order chi connectivity index (χ0) is 30.0. The predicted octanol–water partition coefficient (Wildman–Crippen LogP) is 3.76. The molecule has 0 saturated carbocycles. The van der Waals surface area contributed by atoms with E-state index in [1.807, 2.05) is 11.0 Å². The lowest BCUT2D eigenvalue weighted by atomic mass is 9.90. The third-order valence-electron chi connectivity index (χ3n) is 8.86. The molecule has 3 aliphatic heterocycles. The highest BCUT2D eigenvalue weighted by Gasteiger charge is 2.42. The number of anilines is 1. The second-order valence-electron chi connectivity index (χ2n) is 12.9. The van der Waals surface area contributed by atoms with E-state index >= 15 is 0 Å². The minimum atomic E-state index is -0.915. The molecule has 5 rings (SSSR count). The van der Waals surface area contributed by atoms with Crippen LogP contribution in [0.3, 0.4) is 0 Å². The molecule has 0 unspecified atom stereocenters. The number of amides is 1. The van der Waals surface area contributed by atoms with Gasteiger partial charge in [0.05, 0.1) is 43.4 Å². The van der Waals surface area contributed by atoms with E-state index < -0.39 is 6.10 Å². The number of morpholine rings is 1. The van der Waals surface area contributed by atoms with Gasteiger partial charge in [-0.25, -0.2) is 4.39 Å². The molecule has 0 aliphatic carbocycles. The third kappa shape index (κ3) is 9.27. The standard InChI is InChI=1S/C32H46FN5O4.3ClH/c1-21-15-37(26(14-34-21)16-36-10-11-42-18-22(36)2)17-29(40)38-20-32(3,4)31-27(38)13-24(30(35-31)28(39)19-41-5)12-23-6-8-25(33)9-7-23;;;/h6-9,13,21-22,26,28,34,39H,10-12,14-20H2,1-5H3;3*1H/t21-,22-,26-,28+;;;/m1.../s1. The summed E-state index contributed by atoms with van der Waals surface area (Å²) in [6.45, 7) is 14.4. The van der Waals surface area contributed by atoms with Crippen LogP contribution in [0.25, 0.3) is 0 Å². The van der Waals surface area contributed by atoms with Crippen molar-refractivity contribution >= 4 is 48.8 Å². The van der Waals surface area contributed by atoms with Crippen molar-refractivity contribution in [1.82, 2.24) is 20.1 Å². The lowest BCUT2D eigenvalue weighted by molar-refractivity contribution is -0.121. The van der Waals surface area contributed by atoms with Crippen LogP contribution in [0.2, 0.25) is 0 Å². The van der Waals surface area contributed by atoms with Gasteiger partial charge in [-0.2, -0.15) is 0 Å². The summed E-state index contributed by atoms with van der Waals surface area (Å²) < 4.78 is 24.5. The van der Waals surface area contributed by atoms with E-state index in [2.05, 4.69) is 42.8 Å². The number of ether oxygens (including phenoxy) is 2. The average molecular weight is 693 g/mol. The summed E-state index contributed by atoms with van der Waals surface area (Å²) in [7, 11) is 1.55. The predicted molar refractivity (Wildman–Crippen MR) is 182 cm³/mol. The molecular weight excluding hydrogens is 644 g/mol. The fraction of sp³-hybridized carbons (Fsp3) is 0.625. The van der Waals surface area contributed by atoms with E-state index in [-0.39, 0.29) is 67.0 Å². The topological polar surface area (TPSA) is 90.4 Å². The van der Waals surface area contributed by atoms with Gasteiger partial charge in [0.25, 0.3) is 0 Å². The van der Waals surface area contributed by atoms with E-state index in [0.29, 0.717) is 37.3 Å². The molecule has 1 amide bonds. The van der Waals surface area contributed by atoms with Gasteiger partial charge in [-0.3, -0.25) is 19.6 Å². The Morgan fingerprint density at radius 3 is 2.58 bits per heavy atom. The number of rotatable bonds is 9. The van der Waals surface area contributed by atoms with Crippen molar-refractivity contribution in [1.29, 1.82) is 0 Å². The van der Waals surface area contributed by atoms with Crippen molar-refractivity contribution in [2.75, 3.05) is 71.1 Å². The van der Waals surface area contributed by atoms with E-state index in [4.69, 9.17) is 14.5 Å². The van der Waals surface area contributed by atoms with E-state index in [1.54, 1.807) is 19.2 Å². The van der Waals surface area contributed by atoms with Crippen LogP contribution >= 0.6 is 37.2 Å². The Morgan fingerprint density at radius 2 is 1.91 bits per heavy atom. The Bertz CT molecular complexity index is 1260. The highest BCUT2D eigenvalue weighted by molar-refractivity contribution is 5.97. The number of carbonyl (C=O) groups is 1. The second kappa shape index (κ2) is 17.0. The molecular formula is C32H49Cl3FN5O4. The van der Waals surface area contributed by atoms with Crippen molar-refractivity contribution < 1.29 is 23.8 Å². The number of hydrogen-bond acceptors (Lipinski definition) is 8. The molecule has 3 aliphatic rings. The maximum atomic E-state index is 14.1. The number of nitrogens with one attached hydrogen (secondary N) is 1. The van der Waals surface area contributed by atoms with Gasteiger partial charge in [0.2, 0.25) is 5.91 Å². The largest absolute Gasteiger partial charge is 0.384 e. The summed E-state index contributed by atoms with van der Waals surface area (Å²) in [4.78, 5) is 25.8. The van der Waals surface area contributed by atoms with Crippen molar-refractivity contribution in [3.05, 3.63) is 58.7 Å². The van der Waals surface area contributed by atoms with E-state index in [9.17, 15) is 14.3 Å². The summed E-state index contributed by atoms with van der Waals surface area (Å²) in [5, 5.41) is 14.6. The fourth-order valence-corrected chi connectivity index (χ4v) is 6.50. The van der Waals surface area contributed by atoms with Crippen LogP contribution in [-0.4, -0.2) is 110 Å². The molecule has 2 saturated heterocycles. The average Bonchev–Trinajstić information content (AvgIpc) is 3.22. The molecule has 13 heteroatoms. The molecule has 0 radical (unpaired) electrons. The van der Waals surface area contributed by atoms with Crippen LogP contribution in [0.15, 0.2) is 30.3 Å². The van der Waals surface area contributed by atoms with Gasteiger partial charge in [-0.05, 0) is 49.6 Å². The Balaban J connectivity index is 0.00000235. The number of fused-ring (bicyclic) bond motifs is 1. The van der Waals surface area contributed by atoms with Crippen molar-refractivity contribution in [2.45, 2.75) is 63.8 Å². The number of aliphatic hydroxyl groups is 1. The normalized spacial score (nSPS) is 23.7. The molecule has 2 fully saturated rings. The number of hydrogen-bond donors (Lipinski definition) is 2. The van der Waals surface area contributed by atoms with Gasteiger partial charge in [-0.1, -0.05) is 26.0 Å². The number of pyridine rings is 1. The minimum Gasteiger partial charge on any atom is -0.384 e. The van der Waals surface area contributed by atoms with Gasteiger partial charge >= 0.3 is 0 Å². The number of methoxy groups -OCH3 is 1. The first-order chi connectivity index (χ1) is 20.1. The van der Waals surface area contributed by atoms with Gasteiger partial charge < -0.3 is 24.8 Å². The molecule has 45 heavy (non-hydrogen) atoms. The molecule has 0 bridgehead atoms. The Morgan fingerprint density at radius 1 is 1.20 bits per heavy atom. The smallest absolute Gasteiger partial charge is 0.241 e. The molecule has 1 aromatic carbocycles. The summed E-state index contributed by atoms with van der Waals surface area (Å²) in [5.74, 6) is -0.247. The maximum Gasteiger partial charge on any atom is 0.241 e. The van der Waals surface area contributed by atoms with Gasteiger partial charge in [0.15, 0.2) is 0 Å². The maximum absolute atomic E-state index is 14.1. The summed E-state index contributed by atoms with van der Waals surface area (Å²) >= 11 is 0. The van der Waals surface area contributed by atoms with Crippen molar-refractivity contribution in [3.63, 3.8) is 0 Å². The second-order valence-corrected chi connectivity index (χ2v) is 12.9. The summed E-state index contributed by atoms with van der Waals surface area (Å²) in [6.07, 6.45) is -0.462. The Kier molecular flexibility index (Phi) is 14.9. The van der Waals surface area contributed by atoms with Crippen LogP contribution in [-0.2, 0) is 26.1 Å². The number of aliphatic hydroxyl groups excluding tert-OH is 1. The zero-order valence-corrected chi connectivity index (χ0v) is 29.3. The number of piperazine rings is 1. The van der Waals surface area contributed by atoms with Crippen molar-refractivity contribution in [3.8, 4) is 0 Å². The van der Waals surface area contributed by atoms with Crippen LogP contribution in [0, 0.1) is 5.82 Å². The number of benzene rings is 1. The third-order valence-corrected chi connectivity index (χ3v) is 8.86. The van der Waals surface area contributed by atoms with Crippen LogP contribution < -0.4 is 10.2 Å². The van der Waals surface area contributed by atoms with Gasteiger partial charge in [0.1, 0.15) is 11.9 Å². The SMILES string of the molecule is COC[C@H](O)c1nc2c(cc1Cc1ccc(F)cc1)N(C(=O)CN1C[C@@H](C)NC[C@@H]1CN1CCOC[C@H]1C)CC2(C)C.Cl.Cl.Cl. The fourth-order valence-electron chi connectivity index (χ4n) is 6.50. The molecule has 254 valence electrons. The first kappa shape index (κ1) is 39.6. The monoisotopic (exact) mass is 691 g/mol. The van der Waals surface area contributed by atoms with Crippen LogP contribution in [0.5, 0.6) is 0 Å². The van der Waals surface area contributed by atoms with Crippen molar-refractivity contribution in [2.24, 2.45) is 0 Å². The highest BCUT2D eigenvalue weighted by atomic mass is 35.5.